The van der Waals surface area contributed by atoms with Crippen molar-refractivity contribution in [1.82, 2.24) is 14.5 Å². The van der Waals surface area contributed by atoms with Gasteiger partial charge in [-0.3, -0.25) is 13.9 Å². The van der Waals surface area contributed by atoms with Crippen LogP contribution in [0.25, 0.3) is 10.9 Å². The summed E-state index contributed by atoms with van der Waals surface area (Å²) in [4.78, 5) is 25.6. The van der Waals surface area contributed by atoms with Crippen LogP contribution in [-0.2, 0) is 6.54 Å². The monoisotopic (exact) mass is 465 g/mol. The van der Waals surface area contributed by atoms with E-state index in [9.17, 15) is 9.59 Å². The largest absolute Gasteiger partial charge is 0.331 e. The molecule has 2 heterocycles. The number of halogens is 3. The molecule has 1 aromatic carbocycles. The minimum absolute atomic E-state index is 0. The molecule has 0 spiro atoms. The van der Waals surface area contributed by atoms with E-state index in [1.54, 1.807) is 16.7 Å². The number of piperidine rings is 1. The predicted molar refractivity (Wildman–Crippen MR) is 102 cm³/mol. The van der Waals surface area contributed by atoms with Crippen LogP contribution in [0.1, 0.15) is 25.8 Å². The third-order valence-corrected chi connectivity index (χ3v) is 5.40. The lowest BCUT2D eigenvalue weighted by Gasteiger charge is -2.25. The van der Waals surface area contributed by atoms with Crippen LogP contribution < -0.4 is 16.6 Å². The molecule has 0 saturated carbocycles. The van der Waals surface area contributed by atoms with E-state index in [0.717, 1.165) is 25.9 Å². The molecular formula is C15H18Br2ClN3O2. The first-order valence-electron chi connectivity index (χ1n) is 7.39. The standard InChI is InChI=1S/C15H17BrClN3O2.BrH/c1-2-19-13-8-12(17)11(16)7-10(13)14(21)20(15(19)22)9-3-5-18-6-4-9;/h7-9,18H,2-6H2,1H3;1H. The van der Waals surface area contributed by atoms with Crippen molar-refractivity contribution in [3.63, 3.8) is 0 Å². The summed E-state index contributed by atoms with van der Waals surface area (Å²) in [5, 5.41) is 4.27. The molecule has 2 aromatic rings. The topological polar surface area (TPSA) is 56.0 Å². The van der Waals surface area contributed by atoms with Gasteiger partial charge in [0.15, 0.2) is 0 Å². The van der Waals surface area contributed by atoms with Gasteiger partial charge in [-0.15, -0.1) is 17.0 Å². The molecule has 0 bridgehead atoms. The fourth-order valence-electron chi connectivity index (χ4n) is 3.07. The summed E-state index contributed by atoms with van der Waals surface area (Å²) < 4.78 is 3.71. The first-order valence-corrected chi connectivity index (χ1v) is 8.56. The van der Waals surface area contributed by atoms with E-state index in [1.807, 2.05) is 6.92 Å². The molecule has 1 saturated heterocycles. The SMILES string of the molecule is Br.CCn1c(=O)n(C2CCNCC2)c(=O)c2cc(Br)c(Cl)cc21. The predicted octanol–water partition coefficient (Wildman–Crippen LogP) is 3.10. The van der Waals surface area contributed by atoms with Gasteiger partial charge in [-0.25, -0.2) is 4.79 Å². The Balaban J connectivity index is 0.00000192. The number of aromatic nitrogens is 2. The van der Waals surface area contributed by atoms with Crippen LogP contribution in [0.2, 0.25) is 5.02 Å². The molecular weight excluding hydrogens is 449 g/mol. The summed E-state index contributed by atoms with van der Waals surface area (Å²) in [5.74, 6) is 0. The molecule has 1 aliphatic heterocycles. The number of aryl methyl sites for hydroxylation is 1. The second-order valence-electron chi connectivity index (χ2n) is 5.47. The van der Waals surface area contributed by atoms with E-state index in [-0.39, 0.29) is 34.3 Å². The summed E-state index contributed by atoms with van der Waals surface area (Å²) in [5.41, 5.74) is 0.121. The first kappa shape index (κ1) is 18.7. The lowest BCUT2D eigenvalue weighted by atomic mass is 10.1. The van der Waals surface area contributed by atoms with Gasteiger partial charge in [-0.05, 0) is 60.9 Å². The number of benzene rings is 1. The van der Waals surface area contributed by atoms with Crippen molar-refractivity contribution < 1.29 is 0 Å². The van der Waals surface area contributed by atoms with Crippen molar-refractivity contribution in [2.75, 3.05) is 13.1 Å². The number of hydrogen-bond donors (Lipinski definition) is 1. The third kappa shape index (κ3) is 3.29. The molecule has 8 heteroatoms. The van der Waals surface area contributed by atoms with E-state index >= 15 is 0 Å². The highest BCUT2D eigenvalue weighted by molar-refractivity contribution is 9.10. The van der Waals surface area contributed by atoms with Crippen molar-refractivity contribution in [2.45, 2.75) is 32.4 Å². The molecule has 1 aliphatic rings. The smallest absolute Gasteiger partial charge is 0.317 e. The van der Waals surface area contributed by atoms with Gasteiger partial charge in [0.2, 0.25) is 0 Å². The molecule has 0 unspecified atom stereocenters. The Hall–Kier alpha value is -0.630. The summed E-state index contributed by atoms with van der Waals surface area (Å²) in [6.07, 6.45) is 1.58. The van der Waals surface area contributed by atoms with Gasteiger partial charge >= 0.3 is 5.69 Å². The average molecular weight is 468 g/mol. The van der Waals surface area contributed by atoms with Crippen molar-refractivity contribution in [1.29, 1.82) is 0 Å². The minimum Gasteiger partial charge on any atom is -0.317 e. The maximum Gasteiger partial charge on any atom is 0.331 e. The average Bonchev–Trinajstić information content (AvgIpc) is 2.51. The Morgan fingerprint density at radius 3 is 2.57 bits per heavy atom. The van der Waals surface area contributed by atoms with E-state index in [1.165, 1.54) is 4.57 Å². The van der Waals surface area contributed by atoms with Gasteiger partial charge in [0, 0.05) is 17.1 Å². The highest BCUT2D eigenvalue weighted by atomic mass is 79.9. The van der Waals surface area contributed by atoms with Crippen LogP contribution in [-0.4, -0.2) is 22.2 Å². The van der Waals surface area contributed by atoms with Gasteiger partial charge in [0.1, 0.15) is 0 Å². The second kappa shape index (κ2) is 7.51. The first-order chi connectivity index (χ1) is 10.5. The molecule has 0 radical (unpaired) electrons. The second-order valence-corrected chi connectivity index (χ2v) is 6.73. The van der Waals surface area contributed by atoms with Gasteiger partial charge in [0.05, 0.1) is 15.9 Å². The Morgan fingerprint density at radius 2 is 1.96 bits per heavy atom. The Labute approximate surface area is 157 Å². The van der Waals surface area contributed by atoms with Crippen LogP contribution in [0.4, 0.5) is 0 Å². The highest BCUT2D eigenvalue weighted by Gasteiger charge is 2.22. The van der Waals surface area contributed by atoms with Crippen LogP contribution in [0.15, 0.2) is 26.2 Å². The summed E-state index contributed by atoms with van der Waals surface area (Å²) >= 11 is 9.49. The fraction of sp³-hybridized carbons (Fsp3) is 0.467. The summed E-state index contributed by atoms with van der Waals surface area (Å²) in [7, 11) is 0. The van der Waals surface area contributed by atoms with Crippen molar-refractivity contribution in [3.05, 3.63) is 42.5 Å². The number of fused-ring (bicyclic) bond motifs is 1. The lowest BCUT2D eigenvalue weighted by molar-refractivity contribution is 0.346. The molecule has 23 heavy (non-hydrogen) atoms. The zero-order valence-electron chi connectivity index (χ0n) is 12.6. The van der Waals surface area contributed by atoms with Crippen molar-refractivity contribution >= 4 is 55.4 Å². The summed E-state index contributed by atoms with van der Waals surface area (Å²) in [6.45, 7) is 4.04. The zero-order chi connectivity index (χ0) is 15.9. The Kier molecular flexibility index (Phi) is 6.10. The highest BCUT2D eigenvalue weighted by Crippen LogP contribution is 2.26. The number of nitrogens with one attached hydrogen (secondary N) is 1. The van der Waals surface area contributed by atoms with Gasteiger partial charge in [-0.2, -0.15) is 0 Å². The van der Waals surface area contributed by atoms with Crippen LogP contribution in [0, 0.1) is 0 Å². The van der Waals surface area contributed by atoms with Crippen molar-refractivity contribution in [3.8, 4) is 0 Å². The lowest BCUT2D eigenvalue weighted by Crippen LogP contribution is -2.45. The molecule has 1 fully saturated rings. The molecule has 1 aromatic heterocycles. The molecule has 3 rings (SSSR count). The molecule has 1 N–H and O–H groups in total. The normalized spacial score (nSPS) is 15.6. The van der Waals surface area contributed by atoms with E-state index < -0.39 is 0 Å². The van der Waals surface area contributed by atoms with Gasteiger partial charge < -0.3 is 5.32 Å². The van der Waals surface area contributed by atoms with Gasteiger partial charge in [0.25, 0.3) is 5.56 Å². The maximum absolute atomic E-state index is 12.8. The van der Waals surface area contributed by atoms with Crippen molar-refractivity contribution in [2.24, 2.45) is 0 Å². The zero-order valence-corrected chi connectivity index (χ0v) is 16.7. The third-order valence-electron chi connectivity index (χ3n) is 4.21. The Morgan fingerprint density at radius 1 is 1.30 bits per heavy atom. The van der Waals surface area contributed by atoms with Crippen LogP contribution in [0.5, 0.6) is 0 Å². The minimum atomic E-state index is -0.245. The van der Waals surface area contributed by atoms with E-state index in [2.05, 4.69) is 21.2 Å². The quantitative estimate of drug-likeness (QED) is 0.739. The molecule has 126 valence electrons. The van der Waals surface area contributed by atoms with Gasteiger partial charge in [-0.1, -0.05) is 11.6 Å². The molecule has 0 aliphatic carbocycles. The fourth-order valence-corrected chi connectivity index (χ4v) is 3.57. The van der Waals surface area contributed by atoms with E-state index in [4.69, 9.17) is 11.6 Å². The summed E-state index contributed by atoms with van der Waals surface area (Å²) in [6, 6.07) is 3.35. The van der Waals surface area contributed by atoms with E-state index in [0.29, 0.717) is 26.9 Å². The molecule has 0 amide bonds. The maximum atomic E-state index is 12.8. The number of nitrogens with zero attached hydrogens (tertiary/aromatic N) is 2. The molecule has 5 nitrogen and oxygen atoms in total. The number of hydrogen-bond acceptors (Lipinski definition) is 3. The van der Waals surface area contributed by atoms with Crippen LogP contribution in [0.3, 0.4) is 0 Å². The Bertz CT molecular complexity index is 841. The number of rotatable bonds is 2. The van der Waals surface area contributed by atoms with Crippen LogP contribution >= 0.6 is 44.5 Å². The molecule has 0 atom stereocenters.